The van der Waals surface area contributed by atoms with E-state index >= 15 is 0 Å². The van der Waals surface area contributed by atoms with E-state index in [-0.39, 0.29) is 5.97 Å². The normalized spacial score (nSPS) is 9.80. The fourth-order valence-electron chi connectivity index (χ4n) is 0.601. The molecule has 1 heterocycles. The number of hydrogen-bond donors (Lipinski definition) is 2. The maximum Gasteiger partial charge on any atom is 0.394 e. The van der Waals surface area contributed by atoms with Crippen LogP contribution in [0.3, 0.4) is 0 Å². The Bertz CT molecular complexity index is 393. The van der Waals surface area contributed by atoms with Gasteiger partial charge in [0.2, 0.25) is 0 Å². The second-order valence-corrected chi connectivity index (χ2v) is 3.08. The largest absolute Gasteiger partial charge is 0.465 e. The lowest BCUT2D eigenvalue weighted by atomic mass is 10.3. The van der Waals surface area contributed by atoms with Crippen molar-refractivity contribution in [1.29, 1.82) is 0 Å². The smallest absolute Gasteiger partial charge is 0.394 e. The van der Waals surface area contributed by atoms with Crippen molar-refractivity contribution in [3.63, 3.8) is 0 Å². The molecule has 0 radical (unpaired) electrons. The molecule has 2 N–H and O–H groups in total. The van der Waals surface area contributed by atoms with E-state index in [2.05, 4.69) is 9.72 Å². The number of nitrogens with zero attached hydrogens (tertiary/aromatic N) is 1. The molecule has 0 amide bonds. The summed E-state index contributed by atoms with van der Waals surface area (Å²) in [6.45, 7) is 0. The first-order chi connectivity index (χ1) is 6.84. The van der Waals surface area contributed by atoms with E-state index < -0.39 is 10.4 Å². The molecule has 0 aliphatic heterocycles. The summed E-state index contributed by atoms with van der Waals surface area (Å²) in [5, 5.41) is 0. The molecule has 1 rings (SSSR count). The molecule has 0 aromatic carbocycles. The summed E-state index contributed by atoms with van der Waals surface area (Å²) < 4.78 is 36.0. The molecule has 0 aliphatic carbocycles. The average molecular weight is 235 g/mol. The van der Waals surface area contributed by atoms with Crippen molar-refractivity contribution >= 4 is 16.4 Å². The Labute approximate surface area is 86.3 Å². The summed E-state index contributed by atoms with van der Waals surface area (Å²) >= 11 is 0. The third kappa shape index (κ3) is 8.81. The third-order valence-corrected chi connectivity index (χ3v) is 1.08. The summed E-state index contributed by atoms with van der Waals surface area (Å²) in [6, 6.07) is 3.34. The lowest BCUT2D eigenvalue weighted by Gasteiger charge is -1.94. The van der Waals surface area contributed by atoms with Crippen LogP contribution in [-0.4, -0.2) is 35.6 Å². The standard InChI is InChI=1S/C7H7NO2.H2O4S/c1-10-7(9)6-3-2-4-8-5-6;1-5(2,3)4/h2-5H,1H3;(H2,1,2,3,4). The predicted octanol–water partition coefficient (Wildman–Crippen LogP) is 0.215. The van der Waals surface area contributed by atoms with Crippen LogP contribution in [0.15, 0.2) is 24.5 Å². The molecule has 8 heteroatoms. The number of methoxy groups -OCH3 is 1. The van der Waals surface area contributed by atoms with E-state index in [0.717, 1.165) is 0 Å². The highest BCUT2D eigenvalue weighted by molar-refractivity contribution is 7.79. The van der Waals surface area contributed by atoms with Crippen molar-refractivity contribution < 1.29 is 27.1 Å². The van der Waals surface area contributed by atoms with Gasteiger partial charge in [0.1, 0.15) is 0 Å². The molecule has 0 fully saturated rings. The summed E-state index contributed by atoms with van der Waals surface area (Å²) in [5.41, 5.74) is 0.477. The average Bonchev–Trinajstić information content (AvgIpc) is 2.15. The van der Waals surface area contributed by atoms with Crippen LogP contribution < -0.4 is 0 Å². The fraction of sp³-hybridized carbons (Fsp3) is 0.143. The van der Waals surface area contributed by atoms with Crippen LogP contribution in [0, 0.1) is 0 Å². The highest BCUT2D eigenvalue weighted by Gasteiger charge is 2.01. The molecular formula is C7H9NO6S. The Kier molecular flexibility index (Phi) is 5.45. The van der Waals surface area contributed by atoms with Gasteiger partial charge in [0.15, 0.2) is 0 Å². The molecular weight excluding hydrogens is 226 g/mol. The Morgan fingerprint density at radius 2 is 2.00 bits per heavy atom. The summed E-state index contributed by atoms with van der Waals surface area (Å²) in [5.74, 6) is -0.354. The van der Waals surface area contributed by atoms with Gasteiger partial charge >= 0.3 is 16.4 Å². The molecule has 0 bridgehead atoms. The zero-order chi connectivity index (χ0) is 11.9. The Morgan fingerprint density at radius 3 is 2.33 bits per heavy atom. The minimum absolute atomic E-state index is 0.354. The van der Waals surface area contributed by atoms with Crippen molar-refractivity contribution in [3.8, 4) is 0 Å². The van der Waals surface area contributed by atoms with Crippen molar-refractivity contribution in [2.24, 2.45) is 0 Å². The van der Waals surface area contributed by atoms with E-state index in [1.165, 1.54) is 13.3 Å². The molecule has 7 nitrogen and oxygen atoms in total. The summed E-state index contributed by atoms with van der Waals surface area (Å²) in [4.78, 5) is 14.5. The SMILES string of the molecule is COC(=O)c1cccnc1.O=S(=O)(O)O. The first kappa shape index (κ1) is 13.5. The molecule has 84 valence electrons. The molecule has 0 atom stereocenters. The van der Waals surface area contributed by atoms with Gasteiger partial charge in [-0.05, 0) is 12.1 Å². The number of pyridine rings is 1. The monoisotopic (exact) mass is 235 g/mol. The maximum atomic E-state index is 10.8. The fourth-order valence-corrected chi connectivity index (χ4v) is 0.601. The number of esters is 1. The van der Waals surface area contributed by atoms with Gasteiger partial charge in [-0.2, -0.15) is 8.42 Å². The topological polar surface area (TPSA) is 114 Å². The molecule has 1 aromatic heterocycles. The number of rotatable bonds is 1. The minimum Gasteiger partial charge on any atom is -0.465 e. The van der Waals surface area contributed by atoms with Crippen LogP contribution in [0.2, 0.25) is 0 Å². The van der Waals surface area contributed by atoms with Crippen molar-refractivity contribution in [3.05, 3.63) is 30.1 Å². The molecule has 1 aromatic rings. The Balaban J connectivity index is 0.000000336. The second kappa shape index (κ2) is 6.06. The van der Waals surface area contributed by atoms with E-state index in [1.807, 2.05) is 0 Å². The van der Waals surface area contributed by atoms with E-state index in [0.29, 0.717) is 5.56 Å². The van der Waals surface area contributed by atoms with Crippen LogP contribution in [0.4, 0.5) is 0 Å². The van der Waals surface area contributed by atoms with Gasteiger partial charge < -0.3 is 4.74 Å². The second-order valence-electron chi connectivity index (χ2n) is 2.18. The zero-order valence-corrected chi connectivity index (χ0v) is 8.51. The van der Waals surface area contributed by atoms with E-state index in [9.17, 15) is 4.79 Å². The molecule has 0 aliphatic rings. The molecule has 0 spiro atoms. The lowest BCUT2D eigenvalue weighted by Crippen LogP contribution is -2.00. The van der Waals surface area contributed by atoms with Gasteiger partial charge in [0, 0.05) is 12.4 Å². The highest BCUT2D eigenvalue weighted by Crippen LogP contribution is 1.96. The van der Waals surface area contributed by atoms with Crippen LogP contribution in [0.1, 0.15) is 10.4 Å². The van der Waals surface area contributed by atoms with Gasteiger partial charge in [-0.15, -0.1) is 0 Å². The third-order valence-electron chi connectivity index (χ3n) is 1.08. The number of aromatic nitrogens is 1. The number of ether oxygens (including phenoxy) is 1. The number of hydrogen-bond acceptors (Lipinski definition) is 5. The van der Waals surface area contributed by atoms with Gasteiger partial charge in [0.05, 0.1) is 12.7 Å². The first-order valence-electron chi connectivity index (χ1n) is 3.53. The number of carbonyl (C=O) groups is 1. The lowest BCUT2D eigenvalue weighted by molar-refractivity contribution is 0.0600. The molecule has 0 saturated carbocycles. The van der Waals surface area contributed by atoms with Crippen molar-refractivity contribution in [2.75, 3.05) is 7.11 Å². The summed E-state index contributed by atoms with van der Waals surface area (Å²) in [7, 11) is -3.32. The zero-order valence-electron chi connectivity index (χ0n) is 7.69. The highest BCUT2D eigenvalue weighted by atomic mass is 32.3. The Hall–Kier alpha value is -1.51. The summed E-state index contributed by atoms with van der Waals surface area (Å²) in [6.07, 6.45) is 3.07. The molecule has 0 saturated heterocycles. The van der Waals surface area contributed by atoms with Crippen LogP contribution in [0.5, 0.6) is 0 Å². The van der Waals surface area contributed by atoms with E-state index in [4.69, 9.17) is 17.5 Å². The maximum absolute atomic E-state index is 10.8. The Morgan fingerprint density at radius 1 is 1.47 bits per heavy atom. The van der Waals surface area contributed by atoms with E-state index in [1.54, 1.807) is 18.3 Å². The van der Waals surface area contributed by atoms with Crippen LogP contribution in [0.25, 0.3) is 0 Å². The molecule has 0 unspecified atom stereocenters. The van der Waals surface area contributed by atoms with Crippen molar-refractivity contribution in [2.45, 2.75) is 0 Å². The predicted molar refractivity (Wildman–Crippen MR) is 49.8 cm³/mol. The minimum atomic E-state index is -4.67. The van der Waals surface area contributed by atoms with Gasteiger partial charge in [-0.1, -0.05) is 0 Å². The first-order valence-corrected chi connectivity index (χ1v) is 4.92. The quantitative estimate of drug-likeness (QED) is 0.528. The molecule has 15 heavy (non-hydrogen) atoms. The number of carbonyl (C=O) groups excluding carboxylic acids is 1. The van der Waals surface area contributed by atoms with Gasteiger partial charge in [-0.25, -0.2) is 4.79 Å². The van der Waals surface area contributed by atoms with Gasteiger partial charge in [0.25, 0.3) is 0 Å². The van der Waals surface area contributed by atoms with Crippen molar-refractivity contribution in [1.82, 2.24) is 4.98 Å². The van der Waals surface area contributed by atoms with Gasteiger partial charge in [-0.3, -0.25) is 14.1 Å². The van der Waals surface area contributed by atoms with Crippen LogP contribution in [-0.2, 0) is 15.1 Å². The van der Waals surface area contributed by atoms with Crippen LogP contribution >= 0.6 is 0 Å².